The summed E-state index contributed by atoms with van der Waals surface area (Å²) in [5, 5.41) is 0. The van der Waals surface area contributed by atoms with Crippen LogP contribution in [0.3, 0.4) is 0 Å². The summed E-state index contributed by atoms with van der Waals surface area (Å²) < 4.78 is 0. The Balaban J connectivity index is 2.39. The van der Waals surface area contributed by atoms with Crippen LogP contribution in [0.15, 0.2) is 48.6 Å². The fourth-order valence-electron chi connectivity index (χ4n) is 1.96. The molecule has 0 aliphatic heterocycles. The van der Waals surface area contributed by atoms with Crippen molar-refractivity contribution in [1.82, 2.24) is 0 Å². The van der Waals surface area contributed by atoms with Crippen LogP contribution in [-0.2, 0) is 0 Å². The Bertz CT molecular complexity index is 399. The molecule has 0 amide bonds. The molecule has 0 spiro atoms. The first kappa shape index (κ1) is 10.2. The van der Waals surface area contributed by atoms with Gasteiger partial charge in [0.1, 0.15) is 0 Å². The summed E-state index contributed by atoms with van der Waals surface area (Å²) in [6.45, 7) is 4.26. The van der Waals surface area contributed by atoms with Crippen LogP contribution in [0.25, 0.3) is 5.57 Å². The van der Waals surface area contributed by atoms with Crippen molar-refractivity contribution in [3.8, 4) is 0 Å². The van der Waals surface area contributed by atoms with Crippen molar-refractivity contribution < 1.29 is 0 Å². The van der Waals surface area contributed by atoms with E-state index in [4.69, 9.17) is 5.73 Å². The van der Waals surface area contributed by atoms with Crippen LogP contribution in [0, 0.1) is 5.92 Å². The number of hydrogen-bond donors (Lipinski definition) is 1. The lowest BCUT2D eigenvalue weighted by atomic mass is 9.76. The van der Waals surface area contributed by atoms with Gasteiger partial charge in [0.25, 0.3) is 0 Å². The van der Waals surface area contributed by atoms with Crippen LogP contribution in [0.1, 0.15) is 19.4 Å². The first-order chi connectivity index (χ1) is 7.11. The lowest BCUT2D eigenvalue weighted by Gasteiger charge is -2.33. The van der Waals surface area contributed by atoms with E-state index in [0.29, 0.717) is 5.92 Å². The van der Waals surface area contributed by atoms with Gasteiger partial charge in [0.05, 0.1) is 0 Å². The molecule has 0 fully saturated rings. The maximum Gasteiger partial charge on any atom is 0.0380 e. The van der Waals surface area contributed by atoms with Gasteiger partial charge < -0.3 is 5.73 Å². The molecule has 1 heteroatoms. The summed E-state index contributed by atoms with van der Waals surface area (Å²) in [7, 11) is 0. The van der Waals surface area contributed by atoms with Gasteiger partial charge in [0.15, 0.2) is 0 Å². The maximum atomic E-state index is 6.22. The largest absolute Gasteiger partial charge is 0.322 e. The number of nitrogens with two attached hydrogens (primary N) is 1. The molecule has 0 radical (unpaired) electrons. The average Bonchev–Trinajstić information content (AvgIpc) is 2.23. The lowest BCUT2D eigenvalue weighted by molar-refractivity contribution is 0.468. The summed E-state index contributed by atoms with van der Waals surface area (Å²) in [6.07, 6.45) is 6.29. The van der Waals surface area contributed by atoms with E-state index in [1.54, 1.807) is 0 Å². The molecule has 2 unspecified atom stereocenters. The lowest BCUT2D eigenvalue weighted by Crippen LogP contribution is -2.42. The highest BCUT2D eigenvalue weighted by Crippen LogP contribution is 2.33. The van der Waals surface area contributed by atoms with Gasteiger partial charge in [0, 0.05) is 11.5 Å². The second-order valence-electron chi connectivity index (χ2n) is 4.43. The van der Waals surface area contributed by atoms with Crippen molar-refractivity contribution in [2.24, 2.45) is 11.7 Å². The van der Waals surface area contributed by atoms with Crippen LogP contribution in [0.5, 0.6) is 0 Å². The van der Waals surface area contributed by atoms with Gasteiger partial charge in [-0.15, -0.1) is 0 Å². The van der Waals surface area contributed by atoms with Crippen LogP contribution in [0.4, 0.5) is 0 Å². The molecule has 0 aromatic heterocycles. The minimum Gasteiger partial charge on any atom is -0.322 e. The molecule has 1 nitrogen and oxygen atoms in total. The van der Waals surface area contributed by atoms with Gasteiger partial charge in [-0.05, 0) is 18.1 Å². The van der Waals surface area contributed by atoms with E-state index in [0.717, 1.165) is 0 Å². The highest BCUT2D eigenvalue weighted by atomic mass is 14.7. The van der Waals surface area contributed by atoms with Crippen molar-refractivity contribution in [2.45, 2.75) is 19.4 Å². The second kappa shape index (κ2) is 3.67. The van der Waals surface area contributed by atoms with E-state index in [9.17, 15) is 0 Å². The van der Waals surface area contributed by atoms with E-state index >= 15 is 0 Å². The van der Waals surface area contributed by atoms with Gasteiger partial charge in [-0.2, -0.15) is 0 Å². The Morgan fingerprint density at radius 3 is 2.53 bits per heavy atom. The fraction of sp³-hybridized carbons (Fsp3) is 0.286. The fourth-order valence-corrected chi connectivity index (χ4v) is 1.96. The third-order valence-electron chi connectivity index (χ3n) is 3.24. The Hall–Kier alpha value is -1.34. The second-order valence-corrected chi connectivity index (χ2v) is 4.43. The van der Waals surface area contributed by atoms with Crippen molar-refractivity contribution >= 4 is 5.57 Å². The van der Waals surface area contributed by atoms with Gasteiger partial charge in [-0.1, -0.05) is 55.5 Å². The van der Waals surface area contributed by atoms with E-state index < -0.39 is 0 Å². The molecule has 1 aliphatic rings. The van der Waals surface area contributed by atoms with E-state index in [2.05, 4.69) is 56.3 Å². The standard InChI is InChI=1S/C14H17N/c1-11-13(9-6-10-14(11,2)15)12-7-4-3-5-8-12/h3-11H,15H2,1-2H3. The van der Waals surface area contributed by atoms with Gasteiger partial charge in [-0.25, -0.2) is 0 Å². The summed E-state index contributed by atoms with van der Waals surface area (Å²) in [5.74, 6) is 0.352. The van der Waals surface area contributed by atoms with Gasteiger partial charge >= 0.3 is 0 Å². The Kier molecular flexibility index (Phi) is 2.49. The molecular formula is C14H17N. The molecule has 2 atom stereocenters. The highest BCUT2D eigenvalue weighted by molar-refractivity contribution is 5.71. The molecule has 78 valence electrons. The molecular weight excluding hydrogens is 182 g/mol. The molecule has 0 saturated carbocycles. The third kappa shape index (κ3) is 1.88. The average molecular weight is 199 g/mol. The van der Waals surface area contributed by atoms with Gasteiger partial charge in [-0.3, -0.25) is 0 Å². The monoisotopic (exact) mass is 199 g/mol. The summed E-state index contributed by atoms with van der Waals surface area (Å²) in [6, 6.07) is 10.4. The molecule has 2 rings (SSSR count). The third-order valence-corrected chi connectivity index (χ3v) is 3.24. The number of hydrogen-bond acceptors (Lipinski definition) is 1. The zero-order valence-electron chi connectivity index (χ0n) is 9.27. The Labute approximate surface area is 91.3 Å². The minimum absolute atomic E-state index is 0.236. The predicted molar refractivity (Wildman–Crippen MR) is 65.3 cm³/mol. The highest BCUT2D eigenvalue weighted by Gasteiger charge is 2.28. The molecule has 1 aromatic rings. The van der Waals surface area contributed by atoms with Crippen molar-refractivity contribution in [2.75, 3.05) is 0 Å². The molecule has 0 bridgehead atoms. The Morgan fingerprint density at radius 1 is 1.20 bits per heavy atom. The molecule has 0 saturated heterocycles. The van der Waals surface area contributed by atoms with E-state index in [1.165, 1.54) is 11.1 Å². The normalized spacial score (nSPS) is 30.1. The summed E-state index contributed by atoms with van der Waals surface area (Å²) in [5.41, 5.74) is 8.58. The molecule has 2 N–H and O–H groups in total. The zero-order chi connectivity index (χ0) is 10.9. The SMILES string of the molecule is CC1C(c2ccccc2)=CC=CC1(C)N. The molecule has 1 aliphatic carbocycles. The van der Waals surface area contributed by atoms with Crippen molar-refractivity contribution in [3.05, 3.63) is 54.1 Å². The topological polar surface area (TPSA) is 26.0 Å². The van der Waals surface area contributed by atoms with Crippen LogP contribution >= 0.6 is 0 Å². The summed E-state index contributed by atoms with van der Waals surface area (Å²) >= 11 is 0. The number of benzene rings is 1. The van der Waals surface area contributed by atoms with Crippen LogP contribution in [-0.4, -0.2) is 5.54 Å². The quantitative estimate of drug-likeness (QED) is 0.739. The summed E-state index contributed by atoms with van der Waals surface area (Å²) in [4.78, 5) is 0. The number of rotatable bonds is 1. The first-order valence-corrected chi connectivity index (χ1v) is 5.35. The van der Waals surface area contributed by atoms with E-state index in [1.807, 2.05) is 6.07 Å². The van der Waals surface area contributed by atoms with Crippen LogP contribution < -0.4 is 5.73 Å². The van der Waals surface area contributed by atoms with Crippen molar-refractivity contribution in [3.63, 3.8) is 0 Å². The number of allylic oxidation sites excluding steroid dienone is 2. The molecule has 15 heavy (non-hydrogen) atoms. The maximum absolute atomic E-state index is 6.22. The molecule has 0 heterocycles. The smallest absolute Gasteiger partial charge is 0.0380 e. The first-order valence-electron chi connectivity index (χ1n) is 5.35. The van der Waals surface area contributed by atoms with Crippen molar-refractivity contribution in [1.29, 1.82) is 0 Å². The zero-order valence-corrected chi connectivity index (χ0v) is 9.27. The van der Waals surface area contributed by atoms with E-state index in [-0.39, 0.29) is 5.54 Å². The van der Waals surface area contributed by atoms with Crippen LogP contribution in [0.2, 0.25) is 0 Å². The molecule has 1 aromatic carbocycles. The Morgan fingerprint density at radius 2 is 1.87 bits per heavy atom. The van der Waals surface area contributed by atoms with Gasteiger partial charge in [0.2, 0.25) is 0 Å². The minimum atomic E-state index is -0.236. The predicted octanol–water partition coefficient (Wildman–Crippen LogP) is 2.99.